The van der Waals surface area contributed by atoms with Gasteiger partial charge >= 0.3 is 5.97 Å². The van der Waals surface area contributed by atoms with Crippen molar-refractivity contribution in [2.75, 3.05) is 18.1 Å². The molecular weight excluding hydrogens is 430 g/mol. The number of amides is 3. The van der Waals surface area contributed by atoms with E-state index in [1.54, 1.807) is 6.92 Å². The highest BCUT2D eigenvalue weighted by molar-refractivity contribution is 7.80. The van der Waals surface area contributed by atoms with Crippen molar-refractivity contribution in [3.8, 4) is 0 Å². The molecule has 10 nitrogen and oxygen atoms in total. The summed E-state index contributed by atoms with van der Waals surface area (Å²) in [4.78, 5) is 48.8. The molecule has 0 aromatic rings. The molecule has 30 heavy (non-hydrogen) atoms. The molecule has 5 atom stereocenters. The third kappa shape index (κ3) is 10.0. The predicted molar refractivity (Wildman–Crippen MR) is 121 cm³/mol. The molecule has 0 heterocycles. The highest BCUT2D eigenvalue weighted by atomic mass is 32.1. The highest BCUT2D eigenvalue weighted by Crippen LogP contribution is 2.09. The summed E-state index contributed by atoms with van der Waals surface area (Å²) < 4.78 is 0. The first-order valence-electron chi connectivity index (χ1n) is 9.94. The summed E-state index contributed by atoms with van der Waals surface area (Å²) in [6.07, 6.45) is 2.09. The second-order valence-electron chi connectivity index (χ2n) is 7.09. The first-order chi connectivity index (χ1) is 14.1. The van der Waals surface area contributed by atoms with Crippen molar-refractivity contribution in [3.63, 3.8) is 0 Å². The van der Waals surface area contributed by atoms with E-state index in [2.05, 4.69) is 41.2 Å². The summed E-state index contributed by atoms with van der Waals surface area (Å²) in [5.41, 5.74) is 11.1. The van der Waals surface area contributed by atoms with Crippen LogP contribution in [0.4, 0.5) is 0 Å². The van der Waals surface area contributed by atoms with Crippen molar-refractivity contribution in [2.24, 2.45) is 17.4 Å². The zero-order valence-corrected chi connectivity index (χ0v) is 19.3. The van der Waals surface area contributed by atoms with Crippen LogP contribution in [0.25, 0.3) is 0 Å². The van der Waals surface area contributed by atoms with Gasteiger partial charge in [0.05, 0.1) is 6.04 Å². The Morgan fingerprint density at radius 3 is 1.97 bits per heavy atom. The first kappa shape index (κ1) is 28.5. The van der Waals surface area contributed by atoms with Crippen LogP contribution >= 0.6 is 25.3 Å². The van der Waals surface area contributed by atoms with E-state index < -0.39 is 47.9 Å². The van der Waals surface area contributed by atoms with E-state index in [9.17, 15) is 24.3 Å². The Bertz CT molecular complexity index is 581. The Balaban J connectivity index is 5.21. The standard InChI is InChI=1S/C18H35N5O5S2/c1-3-10(2)14(18(27)28)23-17(26)13(9-30)22-16(25)12(6-4-5-7-19)21-15(24)11(20)8-29/h10-14,29-30H,3-9,19-20H2,1-2H3,(H,21,24)(H,22,25)(H,23,26)(H,27,28). The molecule has 0 spiro atoms. The van der Waals surface area contributed by atoms with Crippen LogP contribution in [0.2, 0.25) is 0 Å². The number of carboxylic acid groups (broad SMARTS) is 1. The van der Waals surface area contributed by atoms with Crippen LogP contribution in [0.15, 0.2) is 0 Å². The number of unbranched alkanes of at least 4 members (excludes halogenated alkanes) is 1. The van der Waals surface area contributed by atoms with Gasteiger partial charge in [0, 0.05) is 11.5 Å². The van der Waals surface area contributed by atoms with E-state index in [4.69, 9.17) is 11.5 Å². The number of hydrogen-bond acceptors (Lipinski definition) is 8. The monoisotopic (exact) mass is 465 g/mol. The van der Waals surface area contributed by atoms with Crippen molar-refractivity contribution in [1.29, 1.82) is 0 Å². The molecule has 3 amide bonds. The Labute approximate surface area is 188 Å². The topological polar surface area (TPSA) is 177 Å². The summed E-state index contributed by atoms with van der Waals surface area (Å²) in [6, 6.07) is -3.96. The van der Waals surface area contributed by atoms with E-state index in [-0.39, 0.29) is 17.4 Å². The zero-order valence-electron chi connectivity index (χ0n) is 17.5. The fourth-order valence-electron chi connectivity index (χ4n) is 2.53. The van der Waals surface area contributed by atoms with Gasteiger partial charge in [-0.25, -0.2) is 4.79 Å². The Morgan fingerprint density at radius 2 is 1.50 bits per heavy atom. The fourth-order valence-corrected chi connectivity index (χ4v) is 2.95. The van der Waals surface area contributed by atoms with Crippen molar-refractivity contribution >= 4 is 48.9 Å². The van der Waals surface area contributed by atoms with Gasteiger partial charge in [0.2, 0.25) is 17.7 Å². The molecule has 0 aliphatic carbocycles. The smallest absolute Gasteiger partial charge is 0.326 e. The predicted octanol–water partition coefficient (Wildman–Crippen LogP) is -1.11. The molecule has 0 bridgehead atoms. The molecule has 0 fully saturated rings. The first-order valence-corrected chi connectivity index (χ1v) is 11.2. The van der Waals surface area contributed by atoms with Crippen LogP contribution in [-0.2, 0) is 19.2 Å². The van der Waals surface area contributed by atoms with Crippen LogP contribution < -0.4 is 27.4 Å². The minimum Gasteiger partial charge on any atom is -0.480 e. The molecular formula is C18H35N5O5S2. The summed E-state index contributed by atoms with van der Waals surface area (Å²) in [6.45, 7) is 3.96. The number of hydrogen-bond donors (Lipinski definition) is 8. The Hall–Kier alpha value is -1.50. The van der Waals surface area contributed by atoms with Crippen LogP contribution in [0.3, 0.4) is 0 Å². The van der Waals surface area contributed by atoms with Crippen LogP contribution in [0.5, 0.6) is 0 Å². The number of rotatable bonds is 15. The van der Waals surface area contributed by atoms with Gasteiger partial charge in [-0.3, -0.25) is 14.4 Å². The lowest BCUT2D eigenvalue weighted by atomic mass is 9.99. The van der Waals surface area contributed by atoms with E-state index in [0.717, 1.165) is 0 Å². The maximum Gasteiger partial charge on any atom is 0.326 e. The second-order valence-corrected chi connectivity index (χ2v) is 7.82. The number of thiol groups is 2. The Morgan fingerprint density at radius 1 is 0.933 bits per heavy atom. The van der Waals surface area contributed by atoms with Gasteiger partial charge in [-0.2, -0.15) is 25.3 Å². The van der Waals surface area contributed by atoms with Gasteiger partial charge in [-0.05, 0) is 31.7 Å². The third-order valence-electron chi connectivity index (χ3n) is 4.71. The van der Waals surface area contributed by atoms with Gasteiger partial charge in [-0.15, -0.1) is 0 Å². The molecule has 0 radical (unpaired) electrons. The van der Waals surface area contributed by atoms with Crippen molar-refractivity contribution in [2.45, 2.75) is 63.7 Å². The molecule has 5 unspecified atom stereocenters. The lowest BCUT2D eigenvalue weighted by Gasteiger charge is -2.25. The normalized spacial score (nSPS) is 15.9. The van der Waals surface area contributed by atoms with Crippen molar-refractivity contribution in [1.82, 2.24) is 16.0 Å². The second kappa shape index (κ2) is 15.3. The molecule has 174 valence electrons. The molecule has 0 rings (SSSR count). The quantitative estimate of drug-likeness (QED) is 0.112. The number of carbonyl (C=O) groups excluding carboxylic acids is 3. The summed E-state index contributed by atoms with van der Waals surface area (Å²) in [5, 5.41) is 16.9. The van der Waals surface area contributed by atoms with Crippen molar-refractivity contribution in [3.05, 3.63) is 0 Å². The van der Waals surface area contributed by atoms with Crippen LogP contribution in [0.1, 0.15) is 39.5 Å². The van der Waals surface area contributed by atoms with Gasteiger partial charge in [0.1, 0.15) is 18.1 Å². The molecule has 0 aliphatic rings. The molecule has 0 saturated heterocycles. The Kier molecular flexibility index (Phi) is 14.6. The molecule has 0 aliphatic heterocycles. The summed E-state index contributed by atoms with van der Waals surface area (Å²) >= 11 is 8.06. The highest BCUT2D eigenvalue weighted by Gasteiger charge is 2.31. The lowest BCUT2D eigenvalue weighted by molar-refractivity contribution is -0.143. The molecule has 0 aromatic carbocycles. The van der Waals surface area contributed by atoms with Crippen molar-refractivity contribution < 1.29 is 24.3 Å². The SMILES string of the molecule is CCC(C)C(NC(=O)C(CS)NC(=O)C(CCCCN)NC(=O)C(N)CS)C(=O)O. The number of carbonyl (C=O) groups is 4. The number of aliphatic carboxylic acids is 1. The molecule has 0 saturated carbocycles. The summed E-state index contributed by atoms with van der Waals surface area (Å²) in [7, 11) is 0. The number of nitrogens with one attached hydrogen (secondary N) is 3. The minimum atomic E-state index is -1.16. The largest absolute Gasteiger partial charge is 0.480 e. The van der Waals surface area contributed by atoms with Crippen LogP contribution in [0, 0.1) is 5.92 Å². The minimum absolute atomic E-state index is 0.0515. The van der Waals surface area contributed by atoms with Gasteiger partial charge in [-0.1, -0.05) is 20.3 Å². The molecule has 12 heteroatoms. The zero-order chi connectivity index (χ0) is 23.3. The summed E-state index contributed by atoms with van der Waals surface area (Å²) in [5.74, 6) is -3.18. The van der Waals surface area contributed by atoms with E-state index >= 15 is 0 Å². The van der Waals surface area contributed by atoms with Gasteiger partial charge < -0.3 is 32.5 Å². The molecule has 0 aromatic heterocycles. The number of nitrogens with two attached hydrogens (primary N) is 2. The van der Waals surface area contributed by atoms with E-state index in [0.29, 0.717) is 32.2 Å². The fraction of sp³-hybridized carbons (Fsp3) is 0.778. The maximum absolute atomic E-state index is 12.7. The number of carboxylic acids is 1. The molecule has 8 N–H and O–H groups in total. The van der Waals surface area contributed by atoms with E-state index in [1.807, 2.05) is 6.92 Å². The third-order valence-corrected chi connectivity index (χ3v) is 5.46. The van der Waals surface area contributed by atoms with E-state index in [1.165, 1.54) is 0 Å². The van der Waals surface area contributed by atoms with Gasteiger partial charge in [0.15, 0.2) is 0 Å². The van der Waals surface area contributed by atoms with Gasteiger partial charge in [0.25, 0.3) is 0 Å². The average Bonchev–Trinajstić information content (AvgIpc) is 2.73. The lowest BCUT2D eigenvalue weighted by Crippen LogP contribution is -2.58. The average molecular weight is 466 g/mol. The maximum atomic E-state index is 12.7. The van der Waals surface area contributed by atoms with Crippen LogP contribution in [-0.4, -0.2) is 71.0 Å².